The van der Waals surface area contributed by atoms with Crippen molar-refractivity contribution in [1.29, 1.82) is 0 Å². The first-order valence-corrected chi connectivity index (χ1v) is 8.37. The third kappa shape index (κ3) is 5.26. The molecule has 2 rings (SSSR count). The van der Waals surface area contributed by atoms with Gasteiger partial charge in [-0.1, -0.05) is 17.7 Å². The van der Waals surface area contributed by atoms with Crippen LogP contribution in [0, 0.1) is 10.1 Å². The Hall–Kier alpha value is -2.98. The number of rotatable bonds is 8. The Morgan fingerprint density at radius 2 is 2.23 bits per heavy atom. The molecule has 0 fully saturated rings. The number of aromatic nitrogens is 1. The summed E-state index contributed by atoms with van der Waals surface area (Å²) in [4.78, 5) is 38.0. The highest BCUT2D eigenvalue weighted by Crippen LogP contribution is 2.27. The van der Waals surface area contributed by atoms with Crippen LogP contribution in [0.1, 0.15) is 10.5 Å². The SMILES string of the molecule is C=CCNc1nc(C(=O)OCC(=O)Nc2ccc(Cl)cc2[N+](=O)[O-])cs1. The van der Waals surface area contributed by atoms with Gasteiger partial charge in [-0.15, -0.1) is 17.9 Å². The van der Waals surface area contributed by atoms with E-state index < -0.39 is 23.4 Å². The Kier molecular flexibility index (Phi) is 6.64. The monoisotopic (exact) mass is 396 g/mol. The normalized spacial score (nSPS) is 10.0. The zero-order valence-corrected chi connectivity index (χ0v) is 14.8. The van der Waals surface area contributed by atoms with E-state index in [0.29, 0.717) is 11.7 Å². The zero-order valence-electron chi connectivity index (χ0n) is 13.2. The molecule has 0 unspecified atom stereocenters. The first kappa shape index (κ1) is 19.3. The second-order valence-electron chi connectivity index (χ2n) is 4.75. The molecule has 136 valence electrons. The second-order valence-corrected chi connectivity index (χ2v) is 6.04. The number of nitrogens with one attached hydrogen (secondary N) is 2. The highest BCUT2D eigenvalue weighted by Gasteiger charge is 2.18. The van der Waals surface area contributed by atoms with Crippen molar-refractivity contribution in [2.24, 2.45) is 0 Å². The number of nitro groups is 1. The number of benzene rings is 1. The Morgan fingerprint density at radius 3 is 2.92 bits per heavy atom. The number of carbonyl (C=O) groups excluding carboxylic acids is 2. The molecule has 1 heterocycles. The van der Waals surface area contributed by atoms with Gasteiger partial charge < -0.3 is 15.4 Å². The van der Waals surface area contributed by atoms with Crippen molar-refractivity contribution in [3.8, 4) is 0 Å². The van der Waals surface area contributed by atoms with Crippen molar-refractivity contribution in [2.75, 3.05) is 23.8 Å². The summed E-state index contributed by atoms with van der Waals surface area (Å²) >= 11 is 6.90. The Balaban J connectivity index is 1.92. The summed E-state index contributed by atoms with van der Waals surface area (Å²) in [6.45, 7) is 3.42. The number of hydrogen-bond donors (Lipinski definition) is 2. The van der Waals surface area contributed by atoms with Gasteiger partial charge >= 0.3 is 5.97 Å². The third-order valence-electron chi connectivity index (χ3n) is 2.88. The van der Waals surface area contributed by atoms with Crippen LogP contribution in [0.3, 0.4) is 0 Å². The van der Waals surface area contributed by atoms with Crippen LogP contribution in [0.15, 0.2) is 36.2 Å². The number of anilines is 2. The number of carbonyl (C=O) groups is 2. The van der Waals surface area contributed by atoms with E-state index in [1.807, 2.05) is 0 Å². The van der Waals surface area contributed by atoms with E-state index >= 15 is 0 Å². The lowest BCUT2D eigenvalue weighted by Crippen LogP contribution is -2.21. The van der Waals surface area contributed by atoms with Gasteiger partial charge in [0.15, 0.2) is 17.4 Å². The van der Waals surface area contributed by atoms with Gasteiger partial charge in [-0.25, -0.2) is 9.78 Å². The first-order valence-electron chi connectivity index (χ1n) is 7.12. The van der Waals surface area contributed by atoms with E-state index in [4.69, 9.17) is 16.3 Å². The average Bonchev–Trinajstić information content (AvgIpc) is 3.08. The molecule has 0 atom stereocenters. The fourth-order valence-electron chi connectivity index (χ4n) is 1.76. The van der Waals surface area contributed by atoms with Gasteiger partial charge in [-0.2, -0.15) is 0 Å². The molecule has 1 aromatic carbocycles. The maximum absolute atomic E-state index is 11.9. The number of ether oxygens (including phenoxy) is 1. The topological polar surface area (TPSA) is 123 Å². The van der Waals surface area contributed by atoms with E-state index in [-0.39, 0.29) is 22.1 Å². The fraction of sp³-hybridized carbons (Fsp3) is 0.133. The van der Waals surface area contributed by atoms with Crippen molar-refractivity contribution in [3.05, 3.63) is 57.1 Å². The van der Waals surface area contributed by atoms with E-state index in [2.05, 4.69) is 22.2 Å². The molecular weight excluding hydrogens is 384 g/mol. The summed E-state index contributed by atoms with van der Waals surface area (Å²) in [5.74, 6) is -1.52. The second kappa shape index (κ2) is 8.92. The quantitative estimate of drug-likeness (QED) is 0.304. The van der Waals surface area contributed by atoms with Gasteiger partial charge in [0.2, 0.25) is 0 Å². The number of esters is 1. The molecule has 0 bridgehead atoms. The van der Waals surface area contributed by atoms with Crippen LogP contribution >= 0.6 is 22.9 Å². The number of amides is 1. The molecule has 0 spiro atoms. The smallest absolute Gasteiger partial charge is 0.358 e. The lowest BCUT2D eigenvalue weighted by molar-refractivity contribution is -0.383. The predicted octanol–water partition coefficient (Wildman–Crippen LogP) is 3.10. The van der Waals surface area contributed by atoms with Crippen LogP contribution in [0.5, 0.6) is 0 Å². The predicted molar refractivity (Wildman–Crippen MR) is 97.8 cm³/mol. The summed E-state index contributed by atoms with van der Waals surface area (Å²) in [5, 5.41) is 18.3. The van der Waals surface area contributed by atoms with Crippen LogP contribution in [0.25, 0.3) is 0 Å². The molecule has 11 heteroatoms. The molecule has 2 N–H and O–H groups in total. The molecule has 2 aromatic rings. The van der Waals surface area contributed by atoms with E-state index in [9.17, 15) is 19.7 Å². The molecular formula is C15H13ClN4O5S. The van der Waals surface area contributed by atoms with Crippen LogP contribution in [0.2, 0.25) is 5.02 Å². The fourth-order valence-corrected chi connectivity index (χ4v) is 2.62. The summed E-state index contributed by atoms with van der Waals surface area (Å²) in [7, 11) is 0. The van der Waals surface area contributed by atoms with Crippen molar-refractivity contribution in [3.63, 3.8) is 0 Å². The summed E-state index contributed by atoms with van der Waals surface area (Å²) in [6, 6.07) is 3.79. The minimum atomic E-state index is -0.784. The third-order valence-corrected chi connectivity index (χ3v) is 3.91. The van der Waals surface area contributed by atoms with Gasteiger partial charge in [0.1, 0.15) is 5.69 Å². The maximum Gasteiger partial charge on any atom is 0.358 e. The van der Waals surface area contributed by atoms with Crippen molar-refractivity contribution in [1.82, 2.24) is 4.98 Å². The molecule has 1 aromatic heterocycles. The standard InChI is InChI=1S/C15H13ClN4O5S/c1-2-5-17-15-19-11(8-26-15)14(22)25-7-13(21)18-10-4-3-9(16)6-12(10)20(23)24/h2-4,6,8H,1,5,7H2,(H,17,19)(H,18,21). The largest absolute Gasteiger partial charge is 0.451 e. The van der Waals surface area contributed by atoms with Gasteiger partial charge in [0.25, 0.3) is 11.6 Å². The van der Waals surface area contributed by atoms with Crippen molar-refractivity contribution in [2.45, 2.75) is 0 Å². The van der Waals surface area contributed by atoms with Gasteiger partial charge in [-0.05, 0) is 12.1 Å². The van der Waals surface area contributed by atoms with Crippen LogP contribution in [0.4, 0.5) is 16.5 Å². The molecule has 26 heavy (non-hydrogen) atoms. The number of hydrogen-bond acceptors (Lipinski definition) is 8. The minimum absolute atomic E-state index is 0.0480. The highest BCUT2D eigenvalue weighted by atomic mass is 35.5. The van der Waals surface area contributed by atoms with E-state index in [1.54, 1.807) is 6.08 Å². The van der Waals surface area contributed by atoms with Gasteiger partial charge in [0.05, 0.1) is 4.92 Å². The van der Waals surface area contributed by atoms with Crippen molar-refractivity contribution >= 4 is 51.3 Å². The molecule has 1 amide bonds. The molecule has 0 aliphatic rings. The van der Waals surface area contributed by atoms with Crippen LogP contribution < -0.4 is 10.6 Å². The number of nitrogens with zero attached hydrogens (tertiary/aromatic N) is 2. The lowest BCUT2D eigenvalue weighted by atomic mass is 10.2. The highest BCUT2D eigenvalue weighted by molar-refractivity contribution is 7.13. The number of halogens is 1. The maximum atomic E-state index is 11.9. The molecule has 9 nitrogen and oxygen atoms in total. The Bertz CT molecular complexity index is 854. The van der Waals surface area contributed by atoms with Crippen LogP contribution in [-0.4, -0.2) is 34.9 Å². The first-order chi connectivity index (χ1) is 12.4. The minimum Gasteiger partial charge on any atom is -0.451 e. The average molecular weight is 397 g/mol. The van der Waals surface area contributed by atoms with E-state index in [1.165, 1.54) is 28.8 Å². The summed E-state index contributed by atoms with van der Waals surface area (Å²) < 4.78 is 4.85. The van der Waals surface area contributed by atoms with Crippen LogP contribution in [-0.2, 0) is 9.53 Å². The molecule has 0 aliphatic heterocycles. The van der Waals surface area contributed by atoms with Gasteiger partial charge in [-0.3, -0.25) is 14.9 Å². The zero-order chi connectivity index (χ0) is 19.1. The number of nitro benzene ring substituents is 1. The molecule has 0 aliphatic carbocycles. The van der Waals surface area contributed by atoms with E-state index in [0.717, 1.165) is 6.07 Å². The van der Waals surface area contributed by atoms with Gasteiger partial charge in [0, 0.05) is 23.0 Å². The molecule has 0 saturated carbocycles. The Labute approximate surface area is 156 Å². The number of thiazole rings is 1. The summed E-state index contributed by atoms with van der Waals surface area (Å²) in [6.07, 6.45) is 1.64. The summed E-state index contributed by atoms with van der Waals surface area (Å²) in [5.41, 5.74) is -0.369. The molecule has 0 saturated heterocycles. The van der Waals surface area contributed by atoms with Crippen molar-refractivity contribution < 1.29 is 19.2 Å². The lowest BCUT2D eigenvalue weighted by Gasteiger charge is -2.06. The Morgan fingerprint density at radius 1 is 1.46 bits per heavy atom. The molecule has 0 radical (unpaired) electrons.